The molecule has 26 heavy (non-hydrogen) atoms. The molecule has 0 bridgehead atoms. The van der Waals surface area contributed by atoms with Crippen LogP contribution in [0.5, 0.6) is 5.75 Å². The first-order valence-electron chi connectivity index (χ1n) is 7.82. The number of hydrogen-bond acceptors (Lipinski definition) is 4. The van der Waals surface area contributed by atoms with Gasteiger partial charge in [0, 0.05) is 12.7 Å². The number of ether oxygens (including phenoxy) is 1. The number of benzene rings is 2. The molecule has 1 amide bonds. The Balaban J connectivity index is 2.11. The number of nitrogens with one attached hydrogen (secondary N) is 1. The third-order valence-electron chi connectivity index (χ3n) is 3.99. The van der Waals surface area contributed by atoms with Gasteiger partial charge in [0.25, 0.3) is 0 Å². The molecule has 0 fully saturated rings. The maximum absolute atomic E-state index is 12.6. The predicted molar refractivity (Wildman–Crippen MR) is 102 cm³/mol. The minimum atomic E-state index is -3.86. The molecule has 0 saturated carbocycles. The minimum Gasteiger partial charge on any atom is -0.495 e. The summed E-state index contributed by atoms with van der Waals surface area (Å²) in [6, 6.07) is 9.66. The SMILES string of the molecule is COc1ccc(S(=O)(=O)N(C)CC(=O)Nc2ccc(C)c(C)c2)cc1Cl. The molecular weight excluding hydrogens is 376 g/mol. The van der Waals surface area contributed by atoms with Crippen LogP contribution in [0.4, 0.5) is 5.69 Å². The van der Waals surface area contributed by atoms with E-state index in [2.05, 4.69) is 5.32 Å². The van der Waals surface area contributed by atoms with E-state index in [1.807, 2.05) is 26.0 Å². The van der Waals surface area contributed by atoms with Crippen molar-refractivity contribution in [2.45, 2.75) is 18.7 Å². The number of nitrogens with zero attached hydrogens (tertiary/aromatic N) is 1. The Bertz CT molecular complexity index is 929. The summed E-state index contributed by atoms with van der Waals surface area (Å²) in [5.41, 5.74) is 2.77. The number of rotatable bonds is 6. The van der Waals surface area contributed by atoms with Crippen molar-refractivity contribution in [1.82, 2.24) is 4.31 Å². The Morgan fingerprint density at radius 1 is 1.15 bits per heavy atom. The molecule has 0 unspecified atom stereocenters. The highest BCUT2D eigenvalue weighted by molar-refractivity contribution is 7.89. The second-order valence-corrected chi connectivity index (χ2v) is 8.36. The number of carbonyl (C=O) groups is 1. The van der Waals surface area contributed by atoms with Gasteiger partial charge >= 0.3 is 0 Å². The summed E-state index contributed by atoms with van der Waals surface area (Å²) in [6.07, 6.45) is 0. The number of methoxy groups -OCH3 is 1. The Kier molecular flexibility index (Phi) is 6.28. The summed E-state index contributed by atoms with van der Waals surface area (Å²) >= 11 is 5.99. The number of hydrogen-bond donors (Lipinski definition) is 1. The van der Waals surface area contributed by atoms with E-state index in [0.717, 1.165) is 15.4 Å². The zero-order valence-corrected chi connectivity index (χ0v) is 16.6. The largest absolute Gasteiger partial charge is 0.495 e. The second kappa shape index (κ2) is 8.07. The molecule has 2 rings (SSSR count). The van der Waals surface area contributed by atoms with Gasteiger partial charge in [0.05, 0.1) is 23.6 Å². The first kappa shape index (κ1) is 20.2. The first-order chi connectivity index (χ1) is 12.1. The third kappa shape index (κ3) is 4.55. The summed E-state index contributed by atoms with van der Waals surface area (Å²) in [7, 11) is -1.07. The van der Waals surface area contributed by atoms with Gasteiger partial charge in [0.1, 0.15) is 5.75 Å². The van der Waals surface area contributed by atoms with Crippen molar-refractivity contribution in [3.05, 3.63) is 52.5 Å². The van der Waals surface area contributed by atoms with E-state index in [9.17, 15) is 13.2 Å². The third-order valence-corrected chi connectivity index (χ3v) is 6.08. The van der Waals surface area contributed by atoms with Crippen LogP contribution in [0.15, 0.2) is 41.3 Å². The Hall–Kier alpha value is -2.09. The van der Waals surface area contributed by atoms with Crippen LogP contribution in [-0.4, -0.2) is 39.3 Å². The van der Waals surface area contributed by atoms with Gasteiger partial charge in [-0.15, -0.1) is 0 Å². The van der Waals surface area contributed by atoms with Crippen LogP contribution in [0.25, 0.3) is 0 Å². The monoisotopic (exact) mass is 396 g/mol. The molecule has 2 aromatic carbocycles. The van der Waals surface area contributed by atoms with Gasteiger partial charge in [-0.3, -0.25) is 4.79 Å². The predicted octanol–water partition coefficient (Wildman–Crippen LogP) is 3.22. The van der Waals surface area contributed by atoms with Gasteiger partial charge in [0.2, 0.25) is 15.9 Å². The molecule has 0 aromatic heterocycles. The number of carbonyl (C=O) groups excluding carboxylic acids is 1. The molecule has 140 valence electrons. The number of sulfonamides is 1. The molecule has 8 heteroatoms. The van der Waals surface area contributed by atoms with Crippen LogP contribution >= 0.6 is 11.6 Å². The van der Waals surface area contributed by atoms with Crippen molar-refractivity contribution in [2.24, 2.45) is 0 Å². The molecule has 0 atom stereocenters. The Morgan fingerprint density at radius 3 is 2.42 bits per heavy atom. The van der Waals surface area contributed by atoms with Crippen molar-refractivity contribution in [1.29, 1.82) is 0 Å². The molecular formula is C18H21ClN2O4S. The maximum atomic E-state index is 12.6. The fourth-order valence-corrected chi connectivity index (χ4v) is 3.77. The van der Waals surface area contributed by atoms with Crippen LogP contribution in [0.2, 0.25) is 5.02 Å². The second-order valence-electron chi connectivity index (χ2n) is 5.90. The zero-order valence-electron chi connectivity index (χ0n) is 15.0. The molecule has 0 heterocycles. The molecule has 0 saturated heterocycles. The maximum Gasteiger partial charge on any atom is 0.243 e. The van der Waals surface area contributed by atoms with Crippen LogP contribution < -0.4 is 10.1 Å². The van der Waals surface area contributed by atoms with Crippen LogP contribution in [0.3, 0.4) is 0 Å². The first-order valence-corrected chi connectivity index (χ1v) is 9.64. The summed E-state index contributed by atoms with van der Waals surface area (Å²) < 4.78 is 31.2. The van der Waals surface area contributed by atoms with Crippen molar-refractivity contribution < 1.29 is 17.9 Å². The molecule has 0 spiro atoms. The number of aryl methyl sites for hydroxylation is 2. The summed E-state index contributed by atoms with van der Waals surface area (Å²) in [6.45, 7) is 3.59. The molecule has 6 nitrogen and oxygen atoms in total. The van der Waals surface area contributed by atoms with Crippen molar-refractivity contribution in [3.63, 3.8) is 0 Å². The highest BCUT2D eigenvalue weighted by atomic mass is 35.5. The Morgan fingerprint density at radius 2 is 1.85 bits per heavy atom. The summed E-state index contributed by atoms with van der Waals surface area (Å²) in [5.74, 6) is -0.0558. The lowest BCUT2D eigenvalue weighted by molar-refractivity contribution is -0.116. The minimum absolute atomic E-state index is 0.00946. The average molecular weight is 397 g/mol. The molecule has 0 radical (unpaired) electrons. The number of halogens is 1. The van der Waals surface area contributed by atoms with Gasteiger partial charge in [-0.25, -0.2) is 8.42 Å². The standard InChI is InChI=1S/C18H21ClN2O4S/c1-12-5-6-14(9-13(12)2)20-18(22)11-21(3)26(23,24)15-7-8-17(25-4)16(19)10-15/h5-10H,11H2,1-4H3,(H,20,22). The quantitative estimate of drug-likeness (QED) is 0.813. The topological polar surface area (TPSA) is 75.7 Å². The van der Waals surface area contributed by atoms with Crippen molar-refractivity contribution in [3.8, 4) is 5.75 Å². The van der Waals surface area contributed by atoms with E-state index in [0.29, 0.717) is 11.4 Å². The zero-order chi connectivity index (χ0) is 19.5. The van der Waals surface area contributed by atoms with Crippen molar-refractivity contribution in [2.75, 3.05) is 26.0 Å². The smallest absolute Gasteiger partial charge is 0.243 e. The lowest BCUT2D eigenvalue weighted by Gasteiger charge is -2.17. The van der Waals surface area contributed by atoms with Gasteiger partial charge in [-0.05, 0) is 55.3 Å². The fraction of sp³-hybridized carbons (Fsp3) is 0.278. The number of anilines is 1. The van der Waals surface area contributed by atoms with Gasteiger partial charge in [-0.2, -0.15) is 4.31 Å². The van der Waals surface area contributed by atoms with Gasteiger partial charge < -0.3 is 10.1 Å². The molecule has 1 N–H and O–H groups in total. The van der Waals surface area contributed by atoms with Crippen LogP contribution in [0, 0.1) is 13.8 Å². The fourth-order valence-electron chi connectivity index (χ4n) is 2.29. The average Bonchev–Trinajstić information content (AvgIpc) is 2.57. The Labute approximate surface area is 158 Å². The van der Waals surface area contributed by atoms with Crippen LogP contribution in [-0.2, 0) is 14.8 Å². The van der Waals surface area contributed by atoms with Gasteiger partial charge in [0.15, 0.2) is 0 Å². The van der Waals surface area contributed by atoms with E-state index < -0.39 is 15.9 Å². The summed E-state index contributed by atoms with van der Waals surface area (Å²) in [5, 5.41) is 2.88. The number of amides is 1. The van der Waals surface area contributed by atoms with Crippen LogP contribution in [0.1, 0.15) is 11.1 Å². The molecule has 0 aliphatic heterocycles. The summed E-state index contributed by atoms with van der Waals surface area (Å²) in [4.78, 5) is 12.2. The van der Waals surface area contributed by atoms with Gasteiger partial charge in [-0.1, -0.05) is 17.7 Å². The van der Waals surface area contributed by atoms with E-state index >= 15 is 0 Å². The van der Waals surface area contributed by atoms with E-state index in [-0.39, 0.29) is 16.5 Å². The lowest BCUT2D eigenvalue weighted by Crippen LogP contribution is -2.35. The lowest BCUT2D eigenvalue weighted by atomic mass is 10.1. The molecule has 0 aliphatic carbocycles. The highest BCUT2D eigenvalue weighted by Crippen LogP contribution is 2.28. The molecule has 2 aromatic rings. The number of likely N-dealkylation sites (N-methyl/N-ethyl adjacent to an activating group) is 1. The van der Waals surface area contributed by atoms with Crippen molar-refractivity contribution >= 4 is 33.2 Å². The molecule has 0 aliphatic rings. The van der Waals surface area contributed by atoms with E-state index in [1.165, 1.54) is 32.4 Å². The van der Waals surface area contributed by atoms with E-state index in [1.54, 1.807) is 6.07 Å². The van der Waals surface area contributed by atoms with E-state index in [4.69, 9.17) is 16.3 Å². The highest BCUT2D eigenvalue weighted by Gasteiger charge is 2.24. The normalized spacial score (nSPS) is 11.5.